The molecular formula is C18H23NO3. The Morgan fingerprint density at radius 2 is 1.77 bits per heavy atom. The van der Waals surface area contributed by atoms with Crippen LogP contribution in [0.4, 0.5) is 0 Å². The molecule has 0 saturated heterocycles. The van der Waals surface area contributed by atoms with Crippen LogP contribution in [-0.2, 0) is 9.53 Å². The standard InChI is InChI=1S/C18H23NO3/c1-3-5-11-21-17-9-7-15(8-10-17)13-16(14-19)18(20)22-12-6-4-2/h7-10,13H,3-6,11-12H2,1-2H3. The fourth-order valence-corrected chi connectivity index (χ4v) is 1.69. The first-order chi connectivity index (χ1) is 10.7. The lowest BCUT2D eigenvalue weighted by atomic mass is 10.1. The summed E-state index contributed by atoms with van der Waals surface area (Å²) >= 11 is 0. The molecule has 0 aliphatic rings. The van der Waals surface area contributed by atoms with Gasteiger partial charge in [-0.05, 0) is 36.6 Å². The Bertz CT molecular complexity index is 526. The number of nitrogens with zero attached hydrogens (tertiary/aromatic N) is 1. The maximum Gasteiger partial charge on any atom is 0.348 e. The van der Waals surface area contributed by atoms with Crippen molar-refractivity contribution in [2.24, 2.45) is 0 Å². The molecule has 22 heavy (non-hydrogen) atoms. The summed E-state index contributed by atoms with van der Waals surface area (Å²) < 4.78 is 10.6. The molecule has 0 heterocycles. The maximum absolute atomic E-state index is 11.8. The topological polar surface area (TPSA) is 59.3 Å². The minimum Gasteiger partial charge on any atom is -0.494 e. The fraction of sp³-hybridized carbons (Fsp3) is 0.444. The van der Waals surface area contributed by atoms with Gasteiger partial charge in [0.2, 0.25) is 0 Å². The van der Waals surface area contributed by atoms with Crippen molar-refractivity contribution in [1.29, 1.82) is 5.26 Å². The van der Waals surface area contributed by atoms with Crippen molar-refractivity contribution in [2.45, 2.75) is 39.5 Å². The molecule has 0 saturated carbocycles. The van der Waals surface area contributed by atoms with E-state index >= 15 is 0 Å². The van der Waals surface area contributed by atoms with Gasteiger partial charge in [-0.15, -0.1) is 0 Å². The summed E-state index contributed by atoms with van der Waals surface area (Å²) in [5, 5.41) is 9.07. The van der Waals surface area contributed by atoms with Crippen molar-refractivity contribution < 1.29 is 14.3 Å². The van der Waals surface area contributed by atoms with Gasteiger partial charge in [-0.3, -0.25) is 0 Å². The van der Waals surface area contributed by atoms with E-state index in [4.69, 9.17) is 14.7 Å². The number of ether oxygens (including phenoxy) is 2. The van der Waals surface area contributed by atoms with Crippen LogP contribution in [0.1, 0.15) is 45.1 Å². The molecule has 0 unspecified atom stereocenters. The van der Waals surface area contributed by atoms with Crippen molar-refractivity contribution in [1.82, 2.24) is 0 Å². The van der Waals surface area contributed by atoms with Crippen LogP contribution in [0.2, 0.25) is 0 Å². The number of carbonyl (C=O) groups is 1. The zero-order chi connectivity index (χ0) is 16.2. The van der Waals surface area contributed by atoms with Crippen LogP contribution in [0, 0.1) is 11.3 Å². The van der Waals surface area contributed by atoms with Crippen molar-refractivity contribution in [3.05, 3.63) is 35.4 Å². The number of rotatable bonds is 9. The molecule has 0 radical (unpaired) electrons. The molecule has 4 nitrogen and oxygen atoms in total. The van der Waals surface area contributed by atoms with Crippen LogP contribution in [0.25, 0.3) is 6.08 Å². The highest BCUT2D eigenvalue weighted by Crippen LogP contribution is 2.15. The van der Waals surface area contributed by atoms with Gasteiger partial charge in [0.1, 0.15) is 17.4 Å². The van der Waals surface area contributed by atoms with Gasteiger partial charge in [0, 0.05) is 0 Å². The largest absolute Gasteiger partial charge is 0.494 e. The maximum atomic E-state index is 11.8. The van der Waals surface area contributed by atoms with Crippen LogP contribution < -0.4 is 4.74 Å². The second kappa shape index (κ2) is 10.4. The third-order valence-corrected chi connectivity index (χ3v) is 3.03. The Hall–Kier alpha value is -2.28. The Kier molecular flexibility index (Phi) is 8.44. The molecule has 0 N–H and O–H groups in total. The third-order valence-electron chi connectivity index (χ3n) is 3.03. The zero-order valence-electron chi connectivity index (χ0n) is 13.3. The van der Waals surface area contributed by atoms with Crippen molar-refractivity contribution in [2.75, 3.05) is 13.2 Å². The van der Waals surface area contributed by atoms with Gasteiger partial charge in [0.25, 0.3) is 0 Å². The summed E-state index contributed by atoms with van der Waals surface area (Å²) in [6, 6.07) is 9.19. The Labute approximate surface area is 132 Å². The molecule has 0 bridgehead atoms. The molecular weight excluding hydrogens is 278 g/mol. The van der Waals surface area contributed by atoms with Crippen LogP contribution in [0.5, 0.6) is 5.75 Å². The summed E-state index contributed by atoms with van der Waals surface area (Å²) in [7, 11) is 0. The third kappa shape index (κ3) is 6.45. The molecule has 4 heteroatoms. The van der Waals surface area contributed by atoms with E-state index < -0.39 is 5.97 Å². The van der Waals surface area contributed by atoms with Crippen molar-refractivity contribution in [3.63, 3.8) is 0 Å². The Balaban J connectivity index is 2.65. The van der Waals surface area contributed by atoms with Crippen LogP contribution in [0.15, 0.2) is 29.8 Å². The normalized spacial score (nSPS) is 10.9. The highest BCUT2D eigenvalue weighted by atomic mass is 16.5. The Morgan fingerprint density at radius 3 is 2.36 bits per heavy atom. The SMILES string of the molecule is CCCCOC(=O)C(C#N)=Cc1ccc(OCCCC)cc1. The van der Waals surface area contributed by atoms with Crippen LogP contribution in [-0.4, -0.2) is 19.2 Å². The predicted octanol–water partition coefficient (Wildman–Crippen LogP) is 4.12. The van der Waals surface area contributed by atoms with Gasteiger partial charge < -0.3 is 9.47 Å². The number of benzene rings is 1. The Morgan fingerprint density at radius 1 is 1.14 bits per heavy atom. The van der Waals surface area contributed by atoms with E-state index in [0.717, 1.165) is 37.0 Å². The quantitative estimate of drug-likeness (QED) is 0.298. The first-order valence-corrected chi connectivity index (χ1v) is 7.73. The van der Waals surface area contributed by atoms with Gasteiger partial charge in [-0.1, -0.05) is 38.8 Å². The number of hydrogen-bond acceptors (Lipinski definition) is 4. The zero-order valence-corrected chi connectivity index (χ0v) is 13.3. The fourth-order valence-electron chi connectivity index (χ4n) is 1.69. The van der Waals surface area contributed by atoms with Crippen molar-refractivity contribution >= 4 is 12.0 Å². The van der Waals surface area contributed by atoms with Crippen LogP contribution in [0.3, 0.4) is 0 Å². The lowest BCUT2D eigenvalue weighted by molar-refractivity contribution is -0.138. The predicted molar refractivity (Wildman–Crippen MR) is 86.3 cm³/mol. The minimum absolute atomic E-state index is 0.00996. The molecule has 0 aromatic heterocycles. The molecule has 1 aromatic rings. The summed E-state index contributed by atoms with van der Waals surface area (Å²) in [6.45, 7) is 5.16. The molecule has 1 rings (SSSR count). The van der Waals surface area contributed by atoms with E-state index in [2.05, 4.69) is 6.92 Å². The van der Waals surface area contributed by atoms with Gasteiger partial charge >= 0.3 is 5.97 Å². The number of unbranched alkanes of at least 4 members (excludes halogenated alkanes) is 2. The first-order valence-electron chi connectivity index (χ1n) is 7.73. The lowest BCUT2D eigenvalue weighted by Crippen LogP contribution is -2.07. The second-order valence-electron chi connectivity index (χ2n) is 4.93. The monoisotopic (exact) mass is 301 g/mol. The minimum atomic E-state index is -0.570. The smallest absolute Gasteiger partial charge is 0.348 e. The molecule has 1 aromatic carbocycles. The van der Waals surface area contributed by atoms with Crippen LogP contribution >= 0.6 is 0 Å². The summed E-state index contributed by atoms with van der Waals surface area (Å²) in [5.41, 5.74) is 0.780. The summed E-state index contributed by atoms with van der Waals surface area (Å²) in [5.74, 6) is 0.217. The molecule has 0 aliphatic heterocycles. The van der Waals surface area contributed by atoms with Gasteiger partial charge in [-0.2, -0.15) is 5.26 Å². The van der Waals surface area contributed by atoms with Gasteiger partial charge in [0.15, 0.2) is 0 Å². The molecule has 118 valence electrons. The van der Waals surface area contributed by atoms with E-state index in [1.54, 1.807) is 0 Å². The second-order valence-corrected chi connectivity index (χ2v) is 4.93. The number of carbonyl (C=O) groups excluding carboxylic acids is 1. The summed E-state index contributed by atoms with van der Waals surface area (Å²) in [6.07, 6.45) is 5.38. The first kappa shape index (κ1) is 17.8. The van der Waals surface area contributed by atoms with E-state index in [9.17, 15) is 4.79 Å². The number of esters is 1. The molecule has 0 amide bonds. The number of hydrogen-bond donors (Lipinski definition) is 0. The highest BCUT2D eigenvalue weighted by Gasteiger charge is 2.10. The average molecular weight is 301 g/mol. The molecule has 0 aliphatic carbocycles. The molecule has 0 atom stereocenters. The van der Waals surface area contributed by atoms with Gasteiger partial charge in [-0.25, -0.2) is 4.79 Å². The van der Waals surface area contributed by atoms with E-state index in [-0.39, 0.29) is 5.57 Å². The molecule has 0 spiro atoms. The van der Waals surface area contributed by atoms with Crippen molar-refractivity contribution in [3.8, 4) is 11.8 Å². The molecule has 0 fully saturated rings. The van der Waals surface area contributed by atoms with E-state index in [0.29, 0.717) is 13.2 Å². The van der Waals surface area contributed by atoms with Gasteiger partial charge in [0.05, 0.1) is 13.2 Å². The summed E-state index contributed by atoms with van der Waals surface area (Å²) in [4.78, 5) is 11.8. The van der Waals surface area contributed by atoms with E-state index in [1.165, 1.54) is 6.08 Å². The number of nitriles is 1. The lowest BCUT2D eigenvalue weighted by Gasteiger charge is -2.05. The highest BCUT2D eigenvalue weighted by molar-refractivity contribution is 5.97. The van der Waals surface area contributed by atoms with E-state index in [1.807, 2.05) is 37.3 Å². The average Bonchev–Trinajstić information content (AvgIpc) is 2.54.